The molecule has 0 fully saturated rings. The Morgan fingerprint density at radius 3 is 2.25 bits per heavy atom. The molecule has 2 rings (SSSR count). The smallest absolute Gasteiger partial charge is 0.128 e. The molecule has 2 unspecified atom stereocenters. The van der Waals surface area contributed by atoms with Gasteiger partial charge >= 0.3 is 0 Å². The molecule has 0 saturated carbocycles. The van der Waals surface area contributed by atoms with Crippen molar-refractivity contribution in [3.05, 3.63) is 33.6 Å². The maximum Gasteiger partial charge on any atom is 0.128 e. The number of hydrogen-bond acceptors (Lipinski definition) is 1. The Bertz CT molecular complexity index is 654. The predicted octanol–water partition coefficient (Wildman–Crippen LogP) is 8.11. The second-order valence-electron chi connectivity index (χ2n) is 9.54. The van der Waals surface area contributed by atoms with Crippen LogP contribution >= 0.6 is 11.6 Å². The number of halogens is 2. The van der Waals surface area contributed by atoms with Crippen LogP contribution < -0.4 is 0 Å². The molecule has 0 bridgehead atoms. The molecular formula is C25H40ClFO. The van der Waals surface area contributed by atoms with Crippen molar-refractivity contribution in [1.29, 1.82) is 0 Å². The van der Waals surface area contributed by atoms with Crippen LogP contribution in [0, 0.1) is 24.1 Å². The lowest BCUT2D eigenvalue weighted by molar-refractivity contribution is -0.114. The third-order valence-electron chi connectivity index (χ3n) is 6.99. The zero-order chi connectivity index (χ0) is 20.9. The van der Waals surface area contributed by atoms with Crippen LogP contribution in [-0.4, -0.2) is 5.11 Å². The lowest BCUT2D eigenvalue weighted by Gasteiger charge is -2.44. The van der Waals surface area contributed by atoms with Crippen LogP contribution in [0.15, 0.2) is 6.07 Å². The van der Waals surface area contributed by atoms with Crippen molar-refractivity contribution < 1.29 is 9.50 Å². The van der Waals surface area contributed by atoms with Crippen molar-refractivity contribution in [2.75, 3.05) is 0 Å². The molecule has 1 aliphatic rings. The summed E-state index contributed by atoms with van der Waals surface area (Å²) in [7, 11) is 0. The molecule has 1 aromatic carbocycles. The van der Waals surface area contributed by atoms with Crippen molar-refractivity contribution in [2.24, 2.45) is 11.3 Å². The van der Waals surface area contributed by atoms with E-state index in [1.165, 1.54) is 44.6 Å². The summed E-state index contributed by atoms with van der Waals surface area (Å²) < 4.78 is 14.7. The predicted molar refractivity (Wildman–Crippen MR) is 119 cm³/mol. The largest absolute Gasteiger partial charge is 0.384 e. The van der Waals surface area contributed by atoms with Crippen LogP contribution in [0.2, 0.25) is 5.02 Å². The Hall–Kier alpha value is -0.600. The normalized spacial score (nSPS) is 21.7. The summed E-state index contributed by atoms with van der Waals surface area (Å²) in [6.07, 6.45) is 12.4. The van der Waals surface area contributed by atoms with Gasteiger partial charge in [-0.25, -0.2) is 4.39 Å². The van der Waals surface area contributed by atoms with Crippen LogP contribution in [-0.2, 0) is 12.0 Å². The molecule has 2 atom stereocenters. The average molecular weight is 411 g/mol. The number of aliphatic hydroxyl groups is 1. The highest BCUT2D eigenvalue weighted by Crippen LogP contribution is 2.58. The van der Waals surface area contributed by atoms with Gasteiger partial charge < -0.3 is 5.11 Å². The first-order chi connectivity index (χ1) is 13.2. The number of rotatable bonds is 11. The lowest BCUT2D eigenvalue weighted by Crippen LogP contribution is -2.45. The molecule has 0 radical (unpaired) electrons. The van der Waals surface area contributed by atoms with Crippen LogP contribution in [0.25, 0.3) is 0 Å². The molecule has 1 nitrogen and oxygen atoms in total. The third kappa shape index (κ3) is 4.59. The molecule has 0 saturated heterocycles. The van der Waals surface area contributed by atoms with Gasteiger partial charge in [0.2, 0.25) is 0 Å². The van der Waals surface area contributed by atoms with E-state index in [0.29, 0.717) is 17.0 Å². The third-order valence-corrected chi connectivity index (χ3v) is 7.39. The van der Waals surface area contributed by atoms with Gasteiger partial charge in [0.1, 0.15) is 5.82 Å². The number of unbranched alkanes of at least 4 members (excludes halogenated alkanes) is 6. The van der Waals surface area contributed by atoms with E-state index >= 15 is 0 Å². The van der Waals surface area contributed by atoms with E-state index in [9.17, 15) is 9.50 Å². The molecule has 1 N–H and O–H groups in total. The van der Waals surface area contributed by atoms with E-state index < -0.39 is 11.0 Å². The maximum absolute atomic E-state index is 14.7. The Balaban J connectivity index is 2.23. The molecule has 0 aliphatic heterocycles. The van der Waals surface area contributed by atoms with Gasteiger partial charge in [-0.1, -0.05) is 90.7 Å². The van der Waals surface area contributed by atoms with Crippen LogP contribution in [0.5, 0.6) is 0 Å². The SMILES string of the molecule is CCCCCCCCCC(CCC)C1(O)c2c(C)c(Cl)cc(F)c2CC1(C)C. The van der Waals surface area contributed by atoms with E-state index in [0.717, 1.165) is 36.8 Å². The van der Waals surface area contributed by atoms with E-state index in [4.69, 9.17) is 11.6 Å². The summed E-state index contributed by atoms with van der Waals surface area (Å²) in [5.41, 5.74) is 0.897. The van der Waals surface area contributed by atoms with Crippen LogP contribution in [0.1, 0.15) is 109 Å². The Morgan fingerprint density at radius 2 is 1.64 bits per heavy atom. The van der Waals surface area contributed by atoms with Gasteiger partial charge in [0.15, 0.2) is 0 Å². The molecule has 0 heterocycles. The van der Waals surface area contributed by atoms with Gasteiger partial charge in [0.05, 0.1) is 5.60 Å². The molecule has 0 amide bonds. The first kappa shape index (κ1) is 23.7. The monoisotopic (exact) mass is 410 g/mol. The van der Waals surface area contributed by atoms with Crippen molar-refractivity contribution in [1.82, 2.24) is 0 Å². The Kier molecular flexibility index (Phi) is 8.40. The molecule has 0 spiro atoms. The van der Waals surface area contributed by atoms with Gasteiger partial charge in [-0.05, 0) is 54.9 Å². The van der Waals surface area contributed by atoms with Crippen molar-refractivity contribution in [3.63, 3.8) is 0 Å². The highest BCUT2D eigenvalue weighted by atomic mass is 35.5. The highest BCUT2D eigenvalue weighted by Gasteiger charge is 2.56. The molecule has 160 valence electrons. The number of benzene rings is 1. The summed E-state index contributed by atoms with van der Waals surface area (Å²) in [6.45, 7) is 10.5. The summed E-state index contributed by atoms with van der Waals surface area (Å²) >= 11 is 6.34. The topological polar surface area (TPSA) is 20.2 Å². The van der Waals surface area contributed by atoms with E-state index in [1.54, 1.807) is 0 Å². The number of fused-ring (bicyclic) bond motifs is 1. The second-order valence-corrected chi connectivity index (χ2v) is 9.95. The summed E-state index contributed by atoms with van der Waals surface area (Å²) in [6, 6.07) is 1.42. The first-order valence-corrected chi connectivity index (χ1v) is 11.8. The fraction of sp³-hybridized carbons (Fsp3) is 0.760. The minimum atomic E-state index is -1.02. The Morgan fingerprint density at radius 1 is 1.04 bits per heavy atom. The summed E-state index contributed by atoms with van der Waals surface area (Å²) in [5.74, 6) is -0.123. The van der Waals surface area contributed by atoms with Crippen LogP contribution in [0.4, 0.5) is 4.39 Å². The summed E-state index contributed by atoms with van der Waals surface area (Å²) in [5, 5.41) is 12.6. The van der Waals surface area contributed by atoms with Crippen molar-refractivity contribution in [2.45, 2.75) is 111 Å². The van der Waals surface area contributed by atoms with Gasteiger partial charge in [0, 0.05) is 10.4 Å². The summed E-state index contributed by atoms with van der Waals surface area (Å²) in [4.78, 5) is 0. The molecule has 3 heteroatoms. The first-order valence-electron chi connectivity index (χ1n) is 11.4. The molecular weight excluding hydrogens is 371 g/mol. The highest BCUT2D eigenvalue weighted by molar-refractivity contribution is 6.31. The zero-order valence-electron chi connectivity index (χ0n) is 18.6. The number of hydrogen-bond donors (Lipinski definition) is 1. The molecule has 0 aromatic heterocycles. The fourth-order valence-corrected chi connectivity index (χ4v) is 5.58. The molecule has 1 aliphatic carbocycles. The Labute approximate surface area is 177 Å². The minimum absolute atomic E-state index is 0.140. The standard InChI is InChI=1S/C25H40ClFO/c1-6-8-9-10-11-12-13-15-19(14-7-2)25(28)23-18(3)21(26)16-22(27)20(23)17-24(25,4)5/h16,19,28H,6-15,17H2,1-5H3. The van der Waals surface area contributed by atoms with E-state index in [1.807, 2.05) is 6.92 Å². The van der Waals surface area contributed by atoms with Gasteiger partial charge in [-0.3, -0.25) is 0 Å². The molecule has 1 aromatic rings. The van der Waals surface area contributed by atoms with Gasteiger partial charge in [0.25, 0.3) is 0 Å². The fourth-order valence-electron chi connectivity index (χ4n) is 5.39. The van der Waals surface area contributed by atoms with E-state index in [-0.39, 0.29) is 11.7 Å². The maximum atomic E-state index is 14.7. The molecule has 28 heavy (non-hydrogen) atoms. The zero-order valence-corrected chi connectivity index (χ0v) is 19.4. The van der Waals surface area contributed by atoms with Gasteiger partial charge in [-0.2, -0.15) is 0 Å². The van der Waals surface area contributed by atoms with Crippen molar-refractivity contribution in [3.8, 4) is 0 Å². The second kappa shape index (κ2) is 9.94. The van der Waals surface area contributed by atoms with Gasteiger partial charge in [-0.15, -0.1) is 0 Å². The van der Waals surface area contributed by atoms with Crippen molar-refractivity contribution >= 4 is 11.6 Å². The van der Waals surface area contributed by atoms with Crippen LogP contribution in [0.3, 0.4) is 0 Å². The minimum Gasteiger partial charge on any atom is -0.384 e. The van der Waals surface area contributed by atoms with E-state index in [2.05, 4.69) is 27.7 Å². The average Bonchev–Trinajstić information content (AvgIpc) is 2.86. The quantitative estimate of drug-likeness (QED) is 0.365. The lowest BCUT2D eigenvalue weighted by atomic mass is 9.65.